The van der Waals surface area contributed by atoms with E-state index in [1.165, 1.54) is 11.3 Å². The van der Waals surface area contributed by atoms with Gasteiger partial charge in [-0.05, 0) is 34.1 Å². The molecule has 2 N–H and O–H groups in total. The third-order valence-corrected chi connectivity index (χ3v) is 3.84. The molecule has 0 amide bonds. The Hall–Kier alpha value is -0.620. The predicted molar refractivity (Wildman–Crippen MR) is 73.7 cm³/mol. The Balaban J connectivity index is 2.15. The topological polar surface area (TPSA) is 48.1 Å². The number of hydrogen-bond donors (Lipinski definition) is 1. The number of nitrogens with zero attached hydrogens (tertiary/aromatic N) is 1. The van der Waals surface area contributed by atoms with Gasteiger partial charge in [0.25, 0.3) is 0 Å². The third-order valence-electron chi connectivity index (χ3n) is 2.08. The van der Waals surface area contributed by atoms with Crippen molar-refractivity contribution in [2.24, 2.45) is 5.73 Å². The molecule has 0 aliphatic rings. The minimum Gasteiger partial charge on any atom is -0.482 e. The molecule has 6 heteroatoms. The Morgan fingerprint density at radius 3 is 2.88 bits per heavy atom. The highest BCUT2D eigenvalue weighted by atomic mass is 79.9. The van der Waals surface area contributed by atoms with Gasteiger partial charge in [-0.15, -0.1) is 11.3 Å². The van der Waals surface area contributed by atoms with Gasteiger partial charge in [-0.3, -0.25) is 4.98 Å². The molecule has 0 aliphatic carbocycles. The van der Waals surface area contributed by atoms with Crippen molar-refractivity contribution in [2.75, 3.05) is 6.54 Å². The van der Waals surface area contributed by atoms with Crippen molar-refractivity contribution in [1.82, 2.24) is 4.98 Å². The lowest BCUT2D eigenvalue weighted by Crippen LogP contribution is -2.17. The number of thiophene rings is 1. The van der Waals surface area contributed by atoms with Crippen molar-refractivity contribution >= 4 is 38.9 Å². The Bertz CT molecular complexity index is 506. The van der Waals surface area contributed by atoms with E-state index >= 15 is 0 Å². The maximum absolute atomic E-state index is 5.89. The summed E-state index contributed by atoms with van der Waals surface area (Å²) in [5, 5.41) is 0. The molecule has 0 aliphatic heterocycles. The van der Waals surface area contributed by atoms with Crippen LogP contribution in [0, 0.1) is 0 Å². The van der Waals surface area contributed by atoms with Crippen LogP contribution in [0.25, 0.3) is 0 Å². The minimum absolute atomic E-state index is 0.191. The highest BCUT2D eigenvalue weighted by Gasteiger charge is 2.14. The van der Waals surface area contributed by atoms with E-state index in [1.807, 2.05) is 18.2 Å². The third kappa shape index (κ3) is 3.42. The summed E-state index contributed by atoms with van der Waals surface area (Å²) < 4.78 is 7.38. The van der Waals surface area contributed by atoms with Gasteiger partial charge in [-0.1, -0.05) is 11.6 Å². The largest absolute Gasteiger partial charge is 0.482 e. The molecule has 2 aromatic heterocycles. The first kappa shape index (κ1) is 12.8. The second-order valence-electron chi connectivity index (χ2n) is 3.32. The molecule has 2 heterocycles. The van der Waals surface area contributed by atoms with Gasteiger partial charge in [-0.2, -0.15) is 0 Å². The molecule has 0 spiro atoms. The zero-order valence-electron chi connectivity index (χ0n) is 8.77. The number of ether oxygens (including phenoxy) is 1. The van der Waals surface area contributed by atoms with E-state index < -0.39 is 0 Å². The summed E-state index contributed by atoms with van der Waals surface area (Å²) in [5.74, 6) is 0.680. The minimum atomic E-state index is -0.191. The highest BCUT2D eigenvalue weighted by molar-refractivity contribution is 9.10. The lowest BCUT2D eigenvalue weighted by molar-refractivity contribution is 0.217. The molecule has 0 aromatic carbocycles. The lowest BCUT2D eigenvalue weighted by Gasteiger charge is -2.15. The van der Waals surface area contributed by atoms with Gasteiger partial charge in [0, 0.05) is 22.1 Å². The fourth-order valence-corrected chi connectivity index (χ4v) is 2.79. The van der Waals surface area contributed by atoms with Crippen LogP contribution in [0.1, 0.15) is 11.0 Å². The molecule has 1 atom stereocenters. The first-order valence-corrected chi connectivity index (χ1v) is 6.90. The van der Waals surface area contributed by atoms with Crippen LogP contribution in [0.15, 0.2) is 35.1 Å². The molecule has 2 rings (SSSR count). The second kappa shape index (κ2) is 5.82. The number of pyridine rings is 1. The standard InChI is InChI=1S/C11H10BrClN2OS/c12-7-3-8(6-15-5-7)16-9(4-14)10-1-2-11(13)17-10/h1-3,5-6,9H,4,14H2. The van der Waals surface area contributed by atoms with Gasteiger partial charge in [0.05, 0.1) is 10.5 Å². The van der Waals surface area contributed by atoms with Crippen LogP contribution in [0.3, 0.4) is 0 Å². The Morgan fingerprint density at radius 2 is 2.29 bits per heavy atom. The van der Waals surface area contributed by atoms with Crippen LogP contribution < -0.4 is 10.5 Å². The quantitative estimate of drug-likeness (QED) is 0.929. The summed E-state index contributed by atoms with van der Waals surface area (Å²) in [4.78, 5) is 5.05. The molecule has 17 heavy (non-hydrogen) atoms. The number of halogens is 2. The summed E-state index contributed by atoms with van der Waals surface area (Å²) in [6.45, 7) is 0.392. The van der Waals surface area contributed by atoms with E-state index in [0.717, 1.165) is 13.7 Å². The Kier molecular flexibility index (Phi) is 4.39. The van der Waals surface area contributed by atoms with Gasteiger partial charge in [-0.25, -0.2) is 0 Å². The van der Waals surface area contributed by atoms with E-state index in [4.69, 9.17) is 22.1 Å². The normalized spacial score (nSPS) is 12.4. The van der Waals surface area contributed by atoms with E-state index in [-0.39, 0.29) is 6.10 Å². The number of hydrogen-bond acceptors (Lipinski definition) is 4. The maximum atomic E-state index is 5.89. The molecule has 0 saturated carbocycles. The van der Waals surface area contributed by atoms with Crippen LogP contribution in [0.2, 0.25) is 4.34 Å². The molecular weight excluding hydrogens is 324 g/mol. The van der Waals surface area contributed by atoms with Crippen LogP contribution in [0.5, 0.6) is 5.75 Å². The Labute approximate surface area is 117 Å². The summed E-state index contributed by atoms with van der Waals surface area (Å²) >= 11 is 10.7. The van der Waals surface area contributed by atoms with E-state index in [1.54, 1.807) is 12.4 Å². The molecule has 0 radical (unpaired) electrons. The van der Waals surface area contributed by atoms with Gasteiger partial charge in [0.1, 0.15) is 11.9 Å². The zero-order chi connectivity index (χ0) is 12.3. The predicted octanol–water partition coefficient (Wildman–Crippen LogP) is 3.64. The van der Waals surface area contributed by atoms with Crippen LogP contribution in [0.4, 0.5) is 0 Å². The molecule has 0 bridgehead atoms. The fraction of sp³-hybridized carbons (Fsp3) is 0.182. The van der Waals surface area contributed by atoms with Crippen molar-refractivity contribution in [2.45, 2.75) is 6.10 Å². The smallest absolute Gasteiger partial charge is 0.145 e. The first-order chi connectivity index (χ1) is 8.19. The highest BCUT2D eigenvalue weighted by Crippen LogP contribution is 2.30. The average Bonchev–Trinajstić information content (AvgIpc) is 2.73. The maximum Gasteiger partial charge on any atom is 0.145 e. The average molecular weight is 334 g/mol. The number of rotatable bonds is 4. The van der Waals surface area contributed by atoms with Crippen molar-refractivity contribution in [3.63, 3.8) is 0 Å². The van der Waals surface area contributed by atoms with Crippen molar-refractivity contribution in [3.05, 3.63) is 44.3 Å². The van der Waals surface area contributed by atoms with Gasteiger partial charge in [0.15, 0.2) is 0 Å². The molecule has 3 nitrogen and oxygen atoms in total. The second-order valence-corrected chi connectivity index (χ2v) is 5.99. The van der Waals surface area contributed by atoms with Crippen molar-refractivity contribution in [3.8, 4) is 5.75 Å². The van der Waals surface area contributed by atoms with Crippen LogP contribution >= 0.6 is 38.9 Å². The van der Waals surface area contributed by atoms with Crippen molar-refractivity contribution in [1.29, 1.82) is 0 Å². The fourth-order valence-electron chi connectivity index (χ4n) is 1.34. The van der Waals surface area contributed by atoms with Crippen LogP contribution in [-0.4, -0.2) is 11.5 Å². The molecule has 90 valence electrons. The van der Waals surface area contributed by atoms with E-state index in [9.17, 15) is 0 Å². The van der Waals surface area contributed by atoms with Gasteiger partial charge < -0.3 is 10.5 Å². The number of aromatic nitrogens is 1. The summed E-state index contributed by atoms with van der Waals surface area (Å²) in [6, 6.07) is 5.62. The van der Waals surface area contributed by atoms with Gasteiger partial charge in [0.2, 0.25) is 0 Å². The zero-order valence-corrected chi connectivity index (χ0v) is 11.9. The molecular formula is C11H10BrClN2OS. The Morgan fingerprint density at radius 1 is 1.47 bits per heavy atom. The van der Waals surface area contributed by atoms with Crippen LogP contribution in [-0.2, 0) is 0 Å². The van der Waals surface area contributed by atoms with Crippen molar-refractivity contribution < 1.29 is 4.74 Å². The van der Waals surface area contributed by atoms with E-state index in [2.05, 4.69) is 20.9 Å². The lowest BCUT2D eigenvalue weighted by atomic mass is 10.3. The molecule has 0 saturated heterocycles. The molecule has 1 unspecified atom stereocenters. The first-order valence-electron chi connectivity index (χ1n) is 4.91. The molecule has 0 fully saturated rings. The summed E-state index contributed by atoms with van der Waals surface area (Å²) in [5.41, 5.74) is 5.71. The van der Waals surface area contributed by atoms with Gasteiger partial charge >= 0.3 is 0 Å². The van der Waals surface area contributed by atoms with E-state index in [0.29, 0.717) is 12.3 Å². The summed E-state index contributed by atoms with van der Waals surface area (Å²) in [7, 11) is 0. The molecule has 2 aromatic rings. The summed E-state index contributed by atoms with van der Waals surface area (Å²) in [6.07, 6.45) is 3.16. The number of nitrogens with two attached hydrogens (primary N) is 1. The SMILES string of the molecule is NCC(Oc1cncc(Br)c1)c1ccc(Cl)s1. The monoisotopic (exact) mass is 332 g/mol.